The molecule has 10 heteroatoms. The minimum absolute atomic E-state index is 0.0254. The zero-order valence-corrected chi connectivity index (χ0v) is 15.6. The van der Waals surface area contributed by atoms with Crippen molar-refractivity contribution in [1.82, 2.24) is 9.80 Å². The molecule has 2 amide bonds. The van der Waals surface area contributed by atoms with Crippen LogP contribution in [0.3, 0.4) is 0 Å². The van der Waals surface area contributed by atoms with Crippen LogP contribution in [0, 0.1) is 5.92 Å². The molecule has 3 aliphatic heterocycles. The number of carboxylic acids is 1. The van der Waals surface area contributed by atoms with Crippen LogP contribution in [0.15, 0.2) is 15.6 Å². The first-order valence-corrected chi connectivity index (χ1v) is 9.20. The van der Waals surface area contributed by atoms with Gasteiger partial charge in [0.05, 0.1) is 23.3 Å². The van der Waals surface area contributed by atoms with E-state index >= 15 is 0 Å². The molecule has 26 heavy (non-hydrogen) atoms. The van der Waals surface area contributed by atoms with Gasteiger partial charge in [0.25, 0.3) is 0 Å². The molecule has 1 saturated heterocycles. The molecule has 3 rings (SSSR count). The van der Waals surface area contributed by atoms with Crippen molar-refractivity contribution in [3.05, 3.63) is 10.6 Å². The van der Waals surface area contributed by atoms with E-state index in [-0.39, 0.29) is 22.9 Å². The number of primary amides is 1. The van der Waals surface area contributed by atoms with E-state index in [1.54, 1.807) is 19.0 Å². The molecule has 1 unspecified atom stereocenters. The number of carboxylic acid groups (broad SMARTS) is 1. The van der Waals surface area contributed by atoms with Gasteiger partial charge in [-0.25, -0.2) is 4.79 Å². The lowest BCUT2D eigenvalue weighted by atomic mass is 9.83. The standard InChI is InChI=1S/C16H22N4O5S/c1-6(21)11-8-5-9(12(16(24)25)20(8)15(11)23)26-10-4-7(13(17)22)18-14(10)19(2)3/h6-8,10-11,21H,4-5H2,1-3H3,(H2,17,22)(H,24,25)/t6-,7+,8-,10?,11-/m1/s1. The Kier molecular flexibility index (Phi) is 4.74. The summed E-state index contributed by atoms with van der Waals surface area (Å²) in [5, 5.41) is 19.2. The van der Waals surface area contributed by atoms with Crippen molar-refractivity contribution in [3.63, 3.8) is 0 Å². The van der Waals surface area contributed by atoms with E-state index in [2.05, 4.69) is 4.99 Å². The molecule has 0 saturated carbocycles. The van der Waals surface area contributed by atoms with Crippen LogP contribution in [0.1, 0.15) is 19.8 Å². The quantitative estimate of drug-likeness (QED) is 0.530. The van der Waals surface area contributed by atoms with Gasteiger partial charge in [-0.2, -0.15) is 0 Å². The number of amidine groups is 1. The molecule has 0 aromatic heterocycles. The molecule has 3 aliphatic rings. The van der Waals surface area contributed by atoms with E-state index in [0.717, 1.165) is 0 Å². The number of hydrogen-bond acceptors (Lipinski definition) is 7. The summed E-state index contributed by atoms with van der Waals surface area (Å²) in [4.78, 5) is 43.5. The summed E-state index contributed by atoms with van der Waals surface area (Å²) < 4.78 is 0. The molecule has 0 spiro atoms. The number of amides is 2. The second-order valence-corrected chi connectivity index (χ2v) is 8.26. The maximum absolute atomic E-state index is 12.3. The fraction of sp³-hybridized carbons (Fsp3) is 0.625. The molecular formula is C16H22N4O5S. The summed E-state index contributed by atoms with van der Waals surface area (Å²) >= 11 is 1.32. The Morgan fingerprint density at radius 2 is 2.08 bits per heavy atom. The predicted octanol–water partition coefficient (Wildman–Crippen LogP) is -0.786. The molecule has 4 N–H and O–H groups in total. The van der Waals surface area contributed by atoms with Crippen LogP contribution in [-0.2, 0) is 14.4 Å². The smallest absolute Gasteiger partial charge is 0.353 e. The Morgan fingerprint density at radius 3 is 2.58 bits per heavy atom. The molecule has 0 aliphatic carbocycles. The highest BCUT2D eigenvalue weighted by Crippen LogP contribution is 2.49. The lowest BCUT2D eigenvalue weighted by Gasteiger charge is -2.44. The van der Waals surface area contributed by atoms with Crippen molar-refractivity contribution in [2.45, 2.75) is 43.2 Å². The molecular weight excluding hydrogens is 360 g/mol. The molecule has 0 aromatic carbocycles. The van der Waals surface area contributed by atoms with Gasteiger partial charge >= 0.3 is 5.97 Å². The minimum Gasteiger partial charge on any atom is -0.477 e. The van der Waals surface area contributed by atoms with E-state index in [0.29, 0.717) is 23.6 Å². The zero-order valence-electron chi connectivity index (χ0n) is 14.7. The van der Waals surface area contributed by atoms with E-state index in [1.807, 2.05) is 0 Å². The highest BCUT2D eigenvalue weighted by Gasteiger charge is 2.57. The van der Waals surface area contributed by atoms with E-state index in [9.17, 15) is 24.6 Å². The summed E-state index contributed by atoms with van der Waals surface area (Å²) in [5.74, 6) is -1.95. The van der Waals surface area contributed by atoms with Gasteiger partial charge in [0.2, 0.25) is 11.8 Å². The third kappa shape index (κ3) is 2.86. The summed E-state index contributed by atoms with van der Waals surface area (Å²) in [6.45, 7) is 1.54. The number of nitrogens with two attached hydrogens (primary N) is 1. The van der Waals surface area contributed by atoms with Crippen molar-refractivity contribution in [3.8, 4) is 0 Å². The number of aliphatic hydroxyl groups is 1. The first-order chi connectivity index (χ1) is 12.1. The van der Waals surface area contributed by atoms with Gasteiger partial charge < -0.3 is 25.7 Å². The third-order valence-electron chi connectivity index (χ3n) is 4.98. The number of β-lactam (4-membered cyclic amide) rings is 1. The van der Waals surface area contributed by atoms with Gasteiger partial charge in [-0.1, -0.05) is 0 Å². The number of hydrogen-bond donors (Lipinski definition) is 3. The number of thioether (sulfide) groups is 1. The number of nitrogens with zero attached hydrogens (tertiary/aromatic N) is 3. The van der Waals surface area contributed by atoms with Crippen molar-refractivity contribution < 1.29 is 24.6 Å². The van der Waals surface area contributed by atoms with E-state index in [1.165, 1.54) is 23.6 Å². The molecule has 1 fully saturated rings. The van der Waals surface area contributed by atoms with Crippen LogP contribution >= 0.6 is 11.8 Å². The van der Waals surface area contributed by atoms with Crippen LogP contribution in [0.25, 0.3) is 0 Å². The SMILES string of the molecule is C[C@@H](O)[C@H]1C(=O)N2C(C(=O)O)=C(SC3C[C@@H](C(N)=O)N=C3N(C)C)C[C@H]12. The molecule has 3 heterocycles. The van der Waals surface area contributed by atoms with Crippen LogP contribution < -0.4 is 5.73 Å². The second-order valence-electron chi connectivity index (χ2n) is 6.97. The Hall–Kier alpha value is -2.07. The monoisotopic (exact) mass is 382 g/mol. The van der Waals surface area contributed by atoms with Gasteiger partial charge in [0.15, 0.2) is 0 Å². The maximum atomic E-state index is 12.3. The first kappa shape index (κ1) is 18.7. The highest BCUT2D eigenvalue weighted by atomic mass is 32.2. The molecule has 0 aromatic rings. The van der Waals surface area contributed by atoms with E-state index < -0.39 is 29.9 Å². The summed E-state index contributed by atoms with van der Waals surface area (Å²) in [5.41, 5.74) is 5.34. The maximum Gasteiger partial charge on any atom is 0.353 e. The number of aliphatic imine (C=N–C) groups is 1. The number of carbonyl (C=O) groups is 3. The average molecular weight is 382 g/mol. The number of rotatable bonds is 5. The van der Waals surface area contributed by atoms with Gasteiger partial charge in [-0.15, -0.1) is 11.8 Å². The molecule has 0 radical (unpaired) electrons. The Bertz CT molecular complexity index is 732. The topological polar surface area (TPSA) is 137 Å². The van der Waals surface area contributed by atoms with Gasteiger partial charge in [-0.05, 0) is 13.3 Å². The fourth-order valence-corrected chi connectivity index (χ4v) is 5.36. The van der Waals surface area contributed by atoms with Gasteiger partial charge in [0, 0.05) is 25.4 Å². The van der Waals surface area contributed by atoms with Crippen LogP contribution in [0.2, 0.25) is 0 Å². The number of carbonyl (C=O) groups excluding carboxylic acids is 2. The van der Waals surface area contributed by atoms with Crippen LogP contribution in [-0.4, -0.2) is 81.2 Å². The van der Waals surface area contributed by atoms with Gasteiger partial charge in [0.1, 0.15) is 17.6 Å². The zero-order chi connectivity index (χ0) is 19.3. The molecule has 9 nitrogen and oxygen atoms in total. The van der Waals surface area contributed by atoms with Crippen LogP contribution in [0.4, 0.5) is 0 Å². The Morgan fingerprint density at radius 1 is 1.42 bits per heavy atom. The first-order valence-electron chi connectivity index (χ1n) is 8.32. The minimum atomic E-state index is -1.17. The normalized spacial score (nSPS) is 31.5. The molecule has 5 atom stereocenters. The molecule has 0 bridgehead atoms. The van der Waals surface area contributed by atoms with Crippen molar-refractivity contribution in [1.29, 1.82) is 0 Å². The Balaban J connectivity index is 1.85. The largest absolute Gasteiger partial charge is 0.477 e. The van der Waals surface area contributed by atoms with E-state index in [4.69, 9.17) is 5.73 Å². The second kappa shape index (κ2) is 6.58. The highest BCUT2D eigenvalue weighted by molar-refractivity contribution is 8.04. The van der Waals surface area contributed by atoms with Gasteiger partial charge in [-0.3, -0.25) is 14.6 Å². The number of aliphatic hydroxyl groups excluding tert-OH is 1. The lowest BCUT2D eigenvalue weighted by molar-refractivity contribution is -0.161. The Labute approximate surface area is 154 Å². The number of aliphatic carboxylic acids is 1. The molecule has 142 valence electrons. The summed E-state index contributed by atoms with van der Waals surface area (Å²) in [6, 6.07) is -0.965. The van der Waals surface area contributed by atoms with Crippen molar-refractivity contribution >= 4 is 35.4 Å². The summed E-state index contributed by atoms with van der Waals surface area (Å²) in [6.07, 6.45) is -0.0539. The summed E-state index contributed by atoms with van der Waals surface area (Å²) in [7, 11) is 3.61. The third-order valence-corrected chi connectivity index (χ3v) is 6.31. The lowest BCUT2D eigenvalue weighted by Crippen LogP contribution is -2.61. The fourth-order valence-electron chi connectivity index (χ4n) is 3.80. The predicted molar refractivity (Wildman–Crippen MR) is 95.2 cm³/mol. The van der Waals surface area contributed by atoms with Crippen molar-refractivity contribution in [2.75, 3.05) is 14.1 Å². The van der Waals surface area contributed by atoms with Crippen molar-refractivity contribution in [2.24, 2.45) is 16.6 Å². The van der Waals surface area contributed by atoms with Crippen LogP contribution in [0.5, 0.6) is 0 Å². The average Bonchev–Trinajstić information content (AvgIpc) is 3.07. The number of fused-ring (bicyclic) bond motifs is 1.